The van der Waals surface area contributed by atoms with Crippen LogP contribution in [-0.2, 0) is 9.59 Å². The summed E-state index contributed by atoms with van der Waals surface area (Å²) in [6.07, 6.45) is -2.00. The van der Waals surface area contributed by atoms with Crippen LogP contribution in [0.5, 0.6) is 5.75 Å². The fourth-order valence-corrected chi connectivity index (χ4v) is 1.90. The second-order valence-corrected chi connectivity index (χ2v) is 4.38. The van der Waals surface area contributed by atoms with E-state index in [0.717, 1.165) is 10.6 Å². The molecule has 2 amide bonds. The predicted molar refractivity (Wildman–Crippen MR) is 70.3 cm³/mol. The minimum Gasteiger partial charge on any atom is -0.479 e. The number of nitrogens with zero attached hydrogens (tertiary/aromatic N) is 1. The highest BCUT2D eigenvalue weighted by Crippen LogP contribution is 2.36. The molecule has 0 fully saturated rings. The van der Waals surface area contributed by atoms with Gasteiger partial charge in [-0.25, -0.2) is 4.90 Å². The van der Waals surface area contributed by atoms with E-state index in [1.54, 1.807) is 32.2 Å². The van der Waals surface area contributed by atoms with Crippen molar-refractivity contribution in [2.24, 2.45) is 0 Å². The highest BCUT2D eigenvalue weighted by molar-refractivity contribution is 6.19. The number of aliphatic hydroxyl groups excluding tert-OH is 1. The molecule has 2 unspecified atom stereocenters. The number of hydrogen-bond acceptors (Lipinski definition) is 5. The lowest BCUT2D eigenvalue weighted by molar-refractivity contribution is -0.134. The SMILES string of the molecule is CNc1ccc2c(c1)N(C(=O)C(C)O)C(=O)C(C)O2. The summed E-state index contributed by atoms with van der Waals surface area (Å²) in [6.45, 7) is 2.90. The first-order valence-electron chi connectivity index (χ1n) is 6.00. The minimum atomic E-state index is -1.25. The number of fused-ring (bicyclic) bond motifs is 1. The molecule has 0 saturated carbocycles. The number of hydrogen-bond donors (Lipinski definition) is 2. The number of imide groups is 1. The molecule has 6 heteroatoms. The van der Waals surface area contributed by atoms with Gasteiger partial charge in [-0.3, -0.25) is 9.59 Å². The number of ether oxygens (including phenoxy) is 1. The van der Waals surface area contributed by atoms with Crippen LogP contribution < -0.4 is 15.0 Å². The van der Waals surface area contributed by atoms with Gasteiger partial charge in [-0.2, -0.15) is 0 Å². The van der Waals surface area contributed by atoms with Crippen molar-refractivity contribution in [3.8, 4) is 5.75 Å². The lowest BCUT2D eigenvalue weighted by Gasteiger charge is -2.32. The van der Waals surface area contributed by atoms with Gasteiger partial charge in [0.2, 0.25) is 0 Å². The smallest absolute Gasteiger partial charge is 0.274 e. The number of carbonyl (C=O) groups is 2. The van der Waals surface area contributed by atoms with Crippen LogP contribution in [0.25, 0.3) is 0 Å². The highest BCUT2D eigenvalue weighted by Gasteiger charge is 2.37. The van der Waals surface area contributed by atoms with Gasteiger partial charge in [0, 0.05) is 12.7 Å². The number of benzene rings is 1. The van der Waals surface area contributed by atoms with Crippen LogP contribution in [0.15, 0.2) is 18.2 Å². The van der Waals surface area contributed by atoms with Gasteiger partial charge < -0.3 is 15.2 Å². The molecule has 0 radical (unpaired) electrons. The van der Waals surface area contributed by atoms with Gasteiger partial charge in [-0.1, -0.05) is 0 Å². The van der Waals surface area contributed by atoms with E-state index in [1.165, 1.54) is 6.92 Å². The molecule has 2 rings (SSSR count). The maximum Gasteiger partial charge on any atom is 0.274 e. The molecule has 6 nitrogen and oxygen atoms in total. The monoisotopic (exact) mass is 264 g/mol. The van der Waals surface area contributed by atoms with Crippen LogP contribution in [0, 0.1) is 0 Å². The Labute approximate surface area is 111 Å². The third kappa shape index (κ3) is 2.26. The number of anilines is 2. The summed E-state index contributed by atoms with van der Waals surface area (Å²) in [5.74, 6) is -0.693. The van der Waals surface area contributed by atoms with Gasteiger partial charge in [-0.15, -0.1) is 0 Å². The van der Waals surface area contributed by atoms with E-state index in [9.17, 15) is 14.7 Å². The summed E-state index contributed by atoms with van der Waals surface area (Å²) >= 11 is 0. The Hall–Kier alpha value is -2.08. The third-order valence-corrected chi connectivity index (χ3v) is 2.94. The molecule has 1 aromatic carbocycles. The zero-order chi connectivity index (χ0) is 14.2. The van der Waals surface area contributed by atoms with Crippen molar-refractivity contribution in [1.29, 1.82) is 0 Å². The molecule has 1 aliphatic heterocycles. The topological polar surface area (TPSA) is 78.9 Å². The second kappa shape index (κ2) is 4.89. The second-order valence-electron chi connectivity index (χ2n) is 4.38. The van der Waals surface area contributed by atoms with E-state index < -0.39 is 24.0 Å². The van der Waals surface area contributed by atoms with Gasteiger partial charge in [0.25, 0.3) is 11.8 Å². The summed E-state index contributed by atoms with van der Waals surface area (Å²) < 4.78 is 5.45. The molecule has 0 saturated heterocycles. The number of rotatable bonds is 2. The first-order valence-corrected chi connectivity index (χ1v) is 6.00. The zero-order valence-electron chi connectivity index (χ0n) is 11.0. The number of nitrogens with one attached hydrogen (secondary N) is 1. The quantitative estimate of drug-likeness (QED) is 0.824. The number of carbonyl (C=O) groups excluding carboxylic acids is 2. The van der Waals surface area contributed by atoms with E-state index >= 15 is 0 Å². The third-order valence-electron chi connectivity index (χ3n) is 2.94. The van der Waals surface area contributed by atoms with E-state index in [1.807, 2.05) is 0 Å². The normalized spacial score (nSPS) is 19.5. The molecule has 2 atom stereocenters. The first-order chi connectivity index (χ1) is 8.95. The van der Waals surface area contributed by atoms with Crippen molar-refractivity contribution < 1.29 is 19.4 Å². The van der Waals surface area contributed by atoms with Crippen LogP contribution >= 0.6 is 0 Å². The molecule has 0 aromatic heterocycles. The van der Waals surface area contributed by atoms with E-state index in [-0.39, 0.29) is 0 Å². The van der Waals surface area contributed by atoms with Crippen molar-refractivity contribution in [2.45, 2.75) is 26.1 Å². The highest BCUT2D eigenvalue weighted by atomic mass is 16.5. The Bertz CT molecular complexity index is 527. The number of aliphatic hydroxyl groups is 1. The lowest BCUT2D eigenvalue weighted by atomic mass is 10.1. The fraction of sp³-hybridized carbons (Fsp3) is 0.385. The van der Waals surface area contributed by atoms with Crippen LogP contribution in [0.4, 0.5) is 11.4 Å². The molecule has 0 aliphatic carbocycles. The van der Waals surface area contributed by atoms with Crippen molar-refractivity contribution in [2.75, 3.05) is 17.3 Å². The van der Waals surface area contributed by atoms with Gasteiger partial charge in [0.1, 0.15) is 11.9 Å². The lowest BCUT2D eigenvalue weighted by Crippen LogP contribution is -2.50. The standard InChI is InChI=1S/C13H16N2O4/c1-7(16)12(17)15-10-6-9(14-3)4-5-11(10)19-8(2)13(15)18/h4-8,14,16H,1-3H3. The van der Waals surface area contributed by atoms with Crippen molar-refractivity contribution in [3.05, 3.63) is 18.2 Å². The van der Waals surface area contributed by atoms with Crippen LogP contribution in [0.2, 0.25) is 0 Å². The van der Waals surface area contributed by atoms with Gasteiger partial charge >= 0.3 is 0 Å². The van der Waals surface area contributed by atoms with Crippen LogP contribution in [-0.4, -0.2) is 36.2 Å². The molecule has 19 heavy (non-hydrogen) atoms. The maximum atomic E-state index is 12.1. The average molecular weight is 264 g/mol. The van der Waals surface area contributed by atoms with Crippen LogP contribution in [0.3, 0.4) is 0 Å². The molecular weight excluding hydrogens is 248 g/mol. The minimum absolute atomic E-state index is 0.348. The summed E-state index contributed by atoms with van der Waals surface area (Å²) in [5.41, 5.74) is 1.09. The predicted octanol–water partition coefficient (Wildman–Crippen LogP) is 0.750. The Balaban J connectivity index is 2.53. The summed E-state index contributed by atoms with van der Waals surface area (Å²) in [5, 5.41) is 12.4. The Morgan fingerprint density at radius 1 is 1.53 bits per heavy atom. The molecule has 102 valence electrons. The Kier molecular flexibility index (Phi) is 3.44. The van der Waals surface area contributed by atoms with E-state index in [0.29, 0.717) is 11.4 Å². The fourth-order valence-electron chi connectivity index (χ4n) is 1.90. The Morgan fingerprint density at radius 3 is 2.79 bits per heavy atom. The average Bonchev–Trinajstić information content (AvgIpc) is 2.39. The Morgan fingerprint density at radius 2 is 2.21 bits per heavy atom. The van der Waals surface area contributed by atoms with Gasteiger partial charge in [0.05, 0.1) is 5.69 Å². The van der Waals surface area contributed by atoms with Crippen LogP contribution in [0.1, 0.15) is 13.8 Å². The number of amides is 2. The molecule has 0 bridgehead atoms. The summed E-state index contributed by atoms with van der Waals surface area (Å²) in [4.78, 5) is 25.1. The molecular formula is C13H16N2O4. The zero-order valence-corrected chi connectivity index (χ0v) is 11.0. The first kappa shape index (κ1) is 13.4. The van der Waals surface area contributed by atoms with Gasteiger partial charge in [0.15, 0.2) is 6.10 Å². The van der Waals surface area contributed by atoms with E-state index in [4.69, 9.17) is 4.74 Å². The molecule has 1 heterocycles. The van der Waals surface area contributed by atoms with E-state index in [2.05, 4.69) is 5.32 Å². The summed E-state index contributed by atoms with van der Waals surface area (Å²) in [6, 6.07) is 5.11. The van der Waals surface area contributed by atoms with Crippen molar-refractivity contribution in [3.63, 3.8) is 0 Å². The largest absolute Gasteiger partial charge is 0.479 e. The van der Waals surface area contributed by atoms with Crippen molar-refractivity contribution >= 4 is 23.2 Å². The van der Waals surface area contributed by atoms with Gasteiger partial charge in [-0.05, 0) is 32.0 Å². The molecule has 1 aliphatic rings. The molecule has 0 spiro atoms. The molecule has 1 aromatic rings. The maximum absolute atomic E-state index is 12.1. The summed E-state index contributed by atoms with van der Waals surface area (Å²) in [7, 11) is 1.73. The molecule has 2 N–H and O–H groups in total. The van der Waals surface area contributed by atoms with Crippen molar-refractivity contribution in [1.82, 2.24) is 0 Å².